The maximum atomic E-state index is 12.0. The molecule has 7 heteroatoms. The molecule has 1 aromatic rings. The summed E-state index contributed by atoms with van der Waals surface area (Å²) in [6.07, 6.45) is 0.898. The monoisotopic (exact) mass is 273 g/mol. The van der Waals surface area contributed by atoms with Crippen molar-refractivity contribution in [3.8, 4) is 0 Å². The molecule has 17 heavy (non-hydrogen) atoms. The maximum Gasteiger partial charge on any atom is 0.237 e. The van der Waals surface area contributed by atoms with Gasteiger partial charge in [0.05, 0.1) is 11.4 Å². The lowest BCUT2D eigenvalue weighted by atomic mass is 10.2. The van der Waals surface area contributed by atoms with E-state index >= 15 is 0 Å². The molecule has 0 bridgehead atoms. The van der Waals surface area contributed by atoms with Gasteiger partial charge in [0.1, 0.15) is 0 Å². The summed E-state index contributed by atoms with van der Waals surface area (Å²) in [5.41, 5.74) is 1.07. The zero-order valence-corrected chi connectivity index (χ0v) is 11.3. The van der Waals surface area contributed by atoms with E-state index in [0.29, 0.717) is 11.7 Å². The van der Waals surface area contributed by atoms with Crippen molar-refractivity contribution in [2.24, 2.45) is 5.92 Å². The summed E-state index contributed by atoms with van der Waals surface area (Å²) in [6, 6.07) is 0. The number of thiazole rings is 1. The Morgan fingerprint density at radius 1 is 1.53 bits per heavy atom. The van der Waals surface area contributed by atoms with Crippen LogP contribution in [-0.4, -0.2) is 32.2 Å². The maximum absolute atomic E-state index is 12.0. The number of sulfonamides is 1. The van der Waals surface area contributed by atoms with E-state index in [1.54, 1.807) is 0 Å². The Morgan fingerprint density at radius 2 is 2.35 bits per heavy atom. The molecule has 0 spiro atoms. The largest absolute Gasteiger partial charge is 0.311 e. The molecule has 94 valence electrons. The number of hydrogen-bond acceptors (Lipinski definition) is 5. The van der Waals surface area contributed by atoms with E-state index < -0.39 is 10.0 Å². The van der Waals surface area contributed by atoms with E-state index in [9.17, 15) is 8.42 Å². The zero-order valence-electron chi connectivity index (χ0n) is 9.64. The van der Waals surface area contributed by atoms with Gasteiger partial charge in [-0.05, 0) is 5.92 Å². The topological polar surface area (TPSA) is 62.3 Å². The van der Waals surface area contributed by atoms with Crippen LogP contribution in [0, 0.1) is 5.92 Å². The first kappa shape index (κ1) is 11.4. The molecule has 0 aliphatic carbocycles. The van der Waals surface area contributed by atoms with E-state index in [1.165, 1.54) is 20.5 Å². The second-order valence-corrected chi connectivity index (χ2v) is 7.71. The fraction of sp³-hybridized carbons (Fsp3) is 0.700. The Balaban J connectivity index is 1.97. The van der Waals surface area contributed by atoms with E-state index in [-0.39, 0.29) is 11.7 Å². The van der Waals surface area contributed by atoms with Gasteiger partial charge in [-0.2, -0.15) is 0 Å². The highest BCUT2D eigenvalue weighted by atomic mass is 32.2. The molecule has 1 saturated heterocycles. The van der Waals surface area contributed by atoms with Crippen LogP contribution in [0.4, 0.5) is 5.13 Å². The van der Waals surface area contributed by atoms with Crippen molar-refractivity contribution in [1.82, 2.24) is 10.3 Å². The fourth-order valence-electron chi connectivity index (χ4n) is 2.31. The molecule has 0 aromatic carbocycles. The molecule has 1 fully saturated rings. The van der Waals surface area contributed by atoms with Gasteiger partial charge in [-0.25, -0.2) is 17.7 Å². The van der Waals surface area contributed by atoms with Gasteiger partial charge in [-0.1, -0.05) is 18.3 Å². The van der Waals surface area contributed by atoms with Gasteiger partial charge < -0.3 is 5.32 Å². The molecule has 1 N–H and O–H groups in total. The molecule has 1 atom stereocenters. The standard InChI is InChI=1S/C10H15N3O2S2/c1-7-5-13(17(14,15)6-7)10-12-8-2-3-11-4-9(8)16-10/h7,11H,2-6H2,1H3. The van der Waals surface area contributed by atoms with Gasteiger partial charge in [0.15, 0.2) is 5.13 Å². The van der Waals surface area contributed by atoms with Crippen LogP contribution in [0.1, 0.15) is 17.5 Å². The minimum Gasteiger partial charge on any atom is -0.311 e. The lowest BCUT2D eigenvalue weighted by Gasteiger charge is -2.12. The van der Waals surface area contributed by atoms with Crippen LogP contribution in [0.3, 0.4) is 0 Å². The lowest BCUT2D eigenvalue weighted by molar-refractivity contribution is 0.598. The van der Waals surface area contributed by atoms with Gasteiger partial charge in [0, 0.05) is 30.9 Å². The number of rotatable bonds is 1. The highest BCUT2D eigenvalue weighted by Crippen LogP contribution is 2.33. The summed E-state index contributed by atoms with van der Waals surface area (Å²) in [7, 11) is -3.13. The molecular formula is C10H15N3O2S2. The van der Waals surface area contributed by atoms with Crippen molar-refractivity contribution < 1.29 is 8.42 Å². The summed E-state index contributed by atoms with van der Waals surface area (Å²) >= 11 is 1.51. The van der Waals surface area contributed by atoms with Gasteiger partial charge in [0.2, 0.25) is 10.0 Å². The quantitative estimate of drug-likeness (QED) is 0.813. The second kappa shape index (κ2) is 3.93. The summed E-state index contributed by atoms with van der Waals surface area (Å²) in [6.45, 7) is 4.28. The molecule has 0 saturated carbocycles. The van der Waals surface area contributed by atoms with Gasteiger partial charge in [-0.3, -0.25) is 0 Å². The number of anilines is 1. The normalized spacial score (nSPS) is 27.1. The molecular weight excluding hydrogens is 258 g/mol. The third-order valence-corrected chi connectivity index (χ3v) is 6.33. The lowest BCUT2D eigenvalue weighted by Crippen LogP contribution is -2.25. The third kappa shape index (κ3) is 1.96. The summed E-state index contributed by atoms with van der Waals surface area (Å²) in [4.78, 5) is 5.67. The molecule has 1 unspecified atom stereocenters. The Kier molecular flexibility index (Phi) is 2.64. The van der Waals surface area contributed by atoms with E-state index in [4.69, 9.17) is 0 Å². The Hall–Kier alpha value is -0.660. The highest BCUT2D eigenvalue weighted by molar-refractivity contribution is 7.93. The molecule has 3 rings (SSSR count). The summed E-state index contributed by atoms with van der Waals surface area (Å²) < 4.78 is 25.4. The number of fused-ring (bicyclic) bond motifs is 1. The minimum atomic E-state index is -3.13. The average Bonchev–Trinajstić information content (AvgIpc) is 2.78. The molecule has 2 aliphatic heterocycles. The first-order chi connectivity index (χ1) is 8.06. The first-order valence-electron chi connectivity index (χ1n) is 5.76. The molecule has 1 aromatic heterocycles. The van der Waals surface area contributed by atoms with Gasteiger partial charge >= 0.3 is 0 Å². The Morgan fingerprint density at radius 3 is 3.00 bits per heavy atom. The van der Waals surface area contributed by atoms with Crippen LogP contribution in [-0.2, 0) is 23.0 Å². The van der Waals surface area contributed by atoms with Crippen LogP contribution < -0.4 is 9.62 Å². The Labute approximate surface area is 105 Å². The van der Waals surface area contributed by atoms with E-state index in [2.05, 4.69) is 10.3 Å². The average molecular weight is 273 g/mol. The molecule has 5 nitrogen and oxygen atoms in total. The van der Waals surface area contributed by atoms with Crippen molar-refractivity contribution in [3.63, 3.8) is 0 Å². The van der Waals surface area contributed by atoms with Crippen LogP contribution in [0.15, 0.2) is 0 Å². The molecule has 0 amide bonds. The predicted molar refractivity (Wildman–Crippen MR) is 67.8 cm³/mol. The van der Waals surface area contributed by atoms with Crippen LogP contribution in [0.25, 0.3) is 0 Å². The number of aromatic nitrogens is 1. The van der Waals surface area contributed by atoms with Crippen molar-refractivity contribution in [2.75, 3.05) is 23.1 Å². The molecule has 2 aliphatic rings. The van der Waals surface area contributed by atoms with Crippen molar-refractivity contribution in [3.05, 3.63) is 10.6 Å². The van der Waals surface area contributed by atoms with Crippen LogP contribution in [0.5, 0.6) is 0 Å². The van der Waals surface area contributed by atoms with Crippen molar-refractivity contribution in [1.29, 1.82) is 0 Å². The number of hydrogen-bond donors (Lipinski definition) is 1. The van der Waals surface area contributed by atoms with Crippen LogP contribution in [0.2, 0.25) is 0 Å². The highest BCUT2D eigenvalue weighted by Gasteiger charge is 2.36. The SMILES string of the molecule is CC1CN(c2nc3c(s2)CNCC3)S(=O)(=O)C1. The number of nitrogens with one attached hydrogen (secondary N) is 1. The van der Waals surface area contributed by atoms with Crippen molar-refractivity contribution >= 4 is 26.5 Å². The second-order valence-electron chi connectivity index (χ2n) is 4.71. The van der Waals surface area contributed by atoms with Gasteiger partial charge in [-0.15, -0.1) is 0 Å². The molecule has 3 heterocycles. The number of nitrogens with zero attached hydrogens (tertiary/aromatic N) is 2. The molecule has 0 radical (unpaired) electrons. The van der Waals surface area contributed by atoms with Crippen molar-refractivity contribution in [2.45, 2.75) is 19.9 Å². The zero-order chi connectivity index (χ0) is 12.0. The summed E-state index contributed by atoms with van der Waals surface area (Å²) in [5.74, 6) is 0.439. The third-order valence-electron chi connectivity index (χ3n) is 3.11. The Bertz CT molecular complexity index is 514. The van der Waals surface area contributed by atoms with E-state index in [0.717, 1.165) is 25.2 Å². The predicted octanol–water partition coefficient (Wildman–Crippen LogP) is 0.575. The van der Waals surface area contributed by atoms with Gasteiger partial charge in [0.25, 0.3) is 0 Å². The minimum absolute atomic E-state index is 0.194. The van der Waals surface area contributed by atoms with E-state index in [1.807, 2.05) is 6.92 Å². The smallest absolute Gasteiger partial charge is 0.237 e. The summed E-state index contributed by atoms with van der Waals surface area (Å²) in [5, 5.41) is 3.93. The fourth-order valence-corrected chi connectivity index (χ4v) is 5.52. The first-order valence-corrected chi connectivity index (χ1v) is 8.18. The van der Waals surface area contributed by atoms with Crippen LogP contribution >= 0.6 is 11.3 Å².